The van der Waals surface area contributed by atoms with E-state index in [2.05, 4.69) is 13.2 Å². The van der Waals surface area contributed by atoms with Crippen LogP contribution >= 0.6 is 0 Å². The molecule has 0 heteroatoms. The highest BCUT2D eigenvalue weighted by atomic mass is 13.8. The van der Waals surface area contributed by atoms with E-state index in [9.17, 15) is 0 Å². The van der Waals surface area contributed by atoms with Gasteiger partial charge in [-0.3, -0.25) is 0 Å². The molecule has 11 heavy (non-hydrogen) atoms. The van der Waals surface area contributed by atoms with E-state index in [-0.39, 0.29) is 0 Å². The van der Waals surface area contributed by atoms with Gasteiger partial charge in [0.1, 0.15) is 0 Å². The van der Waals surface area contributed by atoms with Crippen LogP contribution < -0.4 is 0 Å². The van der Waals surface area contributed by atoms with Crippen LogP contribution in [0.5, 0.6) is 0 Å². The van der Waals surface area contributed by atoms with Crippen LogP contribution in [0.3, 0.4) is 0 Å². The van der Waals surface area contributed by atoms with Crippen molar-refractivity contribution in [3.8, 4) is 0 Å². The SMILES string of the molecule is C=CC.C=Cc1ccccc1. The fourth-order valence-corrected chi connectivity index (χ4v) is 0.589. The van der Waals surface area contributed by atoms with Gasteiger partial charge < -0.3 is 0 Å². The van der Waals surface area contributed by atoms with E-state index < -0.39 is 0 Å². The summed E-state index contributed by atoms with van der Waals surface area (Å²) in [5.41, 5.74) is 1.17. The van der Waals surface area contributed by atoms with E-state index in [0.717, 1.165) is 0 Å². The monoisotopic (exact) mass is 146 g/mol. The quantitative estimate of drug-likeness (QED) is 0.532. The van der Waals surface area contributed by atoms with Gasteiger partial charge in [0.15, 0.2) is 0 Å². The van der Waals surface area contributed by atoms with E-state index in [1.807, 2.05) is 43.3 Å². The lowest BCUT2D eigenvalue weighted by Crippen LogP contribution is -1.63. The predicted octanol–water partition coefficient (Wildman–Crippen LogP) is 3.52. The van der Waals surface area contributed by atoms with Crippen LogP contribution in [0.25, 0.3) is 6.08 Å². The Balaban J connectivity index is 0.000000292. The molecular weight excluding hydrogens is 132 g/mol. The third-order valence-electron chi connectivity index (χ3n) is 1.04. The summed E-state index contributed by atoms with van der Waals surface area (Å²) >= 11 is 0. The molecule has 0 atom stereocenters. The summed E-state index contributed by atoms with van der Waals surface area (Å²) in [4.78, 5) is 0. The van der Waals surface area contributed by atoms with Crippen molar-refractivity contribution in [3.63, 3.8) is 0 Å². The molecule has 0 spiro atoms. The molecule has 0 bridgehead atoms. The average molecular weight is 146 g/mol. The van der Waals surface area contributed by atoms with Crippen LogP contribution in [0.1, 0.15) is 12.5 Å². The van der Waals surface area contributed by atoms with Gasteiger partial charge in [0.25, 0.3) is 0 Å². The second-order valence-electron chi connectivity index (χ2n) is 2.02. The predicted molar refractivity (Wildman–Crippen MR) is 52.4 cm³/mol. The third kappa shape index (κ3) is 5.16. The number of benzene rings is 1. The first kappa shape index (κ1) is 9.70. The molecule has 0 aliphatic carbocycles. The Morgan fingerprint density at radius 2 is 1.55 bits per heavy atom. The molecule has 1 aromatic carbocycles. The van der Waals surface area contributed by atoms with Crippen molar-refractivity contribution in [1.82, 2.24) is 0 Å². The zero-order chi connectivity index (χ0) is 8.53. The van der Waals surface area contributed by atoms with Crippen molar-refractivity contribution in [1.29, 1.82) is 0 Å². The minimum absolute atomic E-state index is 1.17. The molecule has 0 heterocycles. The summed E-state index contributed by atoms with van der Waals surface area (Å²) in [6.07, 6.45) is 3.58. The van der Waals surface area contributed by atoms with Crippen LogP contribution in [-0.2, 0) is 0 Å². The second kappa shape index (κ2) is 6.81. The van der Waals surface area contributed by atoms with Crippen LogP contribution in [0.2, 0.25) is 0 Å². The summed E-state index contributed by atoms with van der Waals surface area (Å²) in [7, 11) is 0. The molecular formula is C11H14. The third-order valence-corrected chi connectivity index (χ3v) is 1.04. The van der Waals surface area contributed by atoms with Gasteiger partial charge >= 0.3 is 0 Å². The van der Waals surface area contributed by atoms with E-state index in [0.29, 0.717) is 0 Å². The smallest absolute Gasteiger partial charge is 0.0263 e. The minimum Gasteiger partial charge on any atom is -0.103 e. The largest absolute Gasteiger partial charge is 0.103 e. The maximum atomic E-state index is 3.63. The highest BCUT2D eigenvalue weighted by molar-refractivity contribution is 5.45. The molecule has 1 rings (SSSR count). The Kier molecular flexibility index (Phi) is 6.01. The zero-order valence-electron chi connectivity index (χ0n) is 6.96. The van der Waals surface area contributed by atoms with E-state index >= 15 is 0 Å². The maximum absolute atomic E-state index is 3.63. The highest BCUT2D eigenvalue weighted by Gasteiger charge is 1.75. The summed E-state index contributed by atoms with van der Waals surface area (Å²) in [5, 5.41) is 0. The van der Waals surface area contributed by atoms with Crippen molar-refractivity contribution >= 4 is 6.08 Å². The highest BCUT2D eigenvalue weighted by Crippen LogP contribution is 1.97. The van der Waals surface area contributed by atoms with Crippen molar-refractivity contribution in [2.24, 2.45) is 0 Å². The minimum atomic E-state index is 1.17. The number of hydrogen-bond acceptors (Lipinski definition) is 0. The van der Waals surface area contributed by atoms with Gasteiger partial charge in [0.2, 0.25) is 0 Å². The normalized spacial score (nSPS) is 7.36. The van der Waals surface area contributed by atoms with E-state index in [1.54, 1.807) is 6.08 Å². The molecule has 0 aromatic heterocycles. The lowest BCUT2D eigenvalue weighted by Gasteiger charge is -1.85. The molecule has 0 aliphatic rings. The Morgan fingerprint density at radius 1 is 1.09 bits per heavy atom. The van der Waals surface area contributed by atoms with Gasteiger partial charge in [-0.15, -0.1) is 6.58 Å². The molecule has 0 nitrogen and oxygen atoms in total. The topological polar surface area (TPSA) is 0 Å². The fraction of sp³-hybridized carbons (Fsp3) is 0.0909. The standard InChI is InChI=1S/C8H8.C3H6/c1-2-8-6-4-3-5-7-8;1-3-2/h2-7H,1H2;3H,1H2,2H3. The van der Waals surface area contributed by atoms with Gasteiger partial charge in [0.05, 0.1) is 0 Å². The van der Waals surface area contributed by atoms with Crippen molar-refractivity contribution in [2.45, 2.75) is 6.92 Å². The average Bonchev–Trinajstić information content (AvgIpc) is 2.08. The number of hydrogen-bond donors (Lipinski definition) is 0. The van der Waals surface area contributed by atoms with Gasteiger partial charge in [0, 0.05) is 0 Å². The summed E-state index contributed by atoms with van der Waals surface area (Å²) in [5.74, 6) is 0. The van der Waals surface area contributed by atoms with E-state index in [4.69, 9.17) is 0 Å². The Hall–Kier alpha value is -1.30. The molecule has 0 fully saturated rings. The van der Waals surface area contributed by atoms with Crippen molar-refractivity contribution < 1.29 is 0 Å². The lowest BCUT2D eigenvalue weighted by atomic mass is 10.2. The first-order valence-electron chi connectivity index (χ1n) is 3.59. The first-order valence-corrected chi connectivity index (χ1v) is 3.59. The summed E-state index contributed by atoms with van der Waals surface area (Å²) < 4.78 is 0. The maximum Gasteiger partial charge on any atom is -0.0263 e. The van der Waals surface area contributed by atoms with Crippen molar-refractivity contribution in [3.05, 3.63) is 55.1 Å². The molecule has 0 saturated carbocycles. The number of allylic oxidation sites excluding steroid dienone is 1. The molecule has 0 saturated heterocycles. The molecule has 0 aliphatic heterocycles. The van der Waals surface area contributed by atoms with Crippen LogP contribution in [0.4, 0.5) is 0 Å². The van der Waals surface area contributed by atoms with Crippen molar-refractivity contribution in [2.75, 3.05) is 0 Å². The Labute approximate surface area is 68.9 Å². The second-order valence-corrected chi connectivity index (χ2v) is 2.02. The lowest BCUT2D eigenvalue weighted by molar-refractivity contribution is 1.67. The fourth-order valence-electron chi connectivity index (χ4n) is 0.589. The Bertz CT molecular complexity index is 197. The van der Waals surface area contributed by atoms with Gasteiger partial charge in [-0.2, -0.15) is 0 Å². The summed E-state index contributed by atoms with van der Waals surface area (Å²) in [6, 6.07) is 10.0. The van der Waals surface area contributed by atoms with E-state index in [1.165, 1.54) is 5.56 Å². The van der Waals surface area contributed by atoms with Gasteiger partial charge in [-0.1, -0.05) is 49.1 Å². The molecule has 58 valence electrons. The zero-order valence-corrected chi connectivity index (χ0v) is 6.96. The molecule has 0 unspecified atom stereocenters. The molecule has 0 radical (unpaired) electrons. The molecule has 1 aromatic rings. The summed E-state index contributed by atoms with van der Waals surface area (Å²) in [6.45, 7) is 8.88. The van der Waals surface area contributed by atoms with Gasteiger partial charge in [-0.05, 0) is 12.5 Å². The van der Waals surface area contributed by atoms with Crippen LogP contribution in [0, 0.1) is 0 Å². The van der Waals surface area contributed by atoms with Crippen LogP contribution in [-0.4, -0.2) is 0 Å². The van der Waals surface area contributed by atoms with Gasteiger partial charge in [-0.25, -0.2) is 0 Å². The molecule has 0 amide bonds. The Morgan fingerprint density at radius 3 is 1.82 bits per heavy atom. The first-order chi connectivity index (χ1) is 5.35. The molecule has 0 N–H and O–H groups in total. The van der Waals surface area contributed by atoms with Crippen LogP contribution in [0.15, 0.2) is 49.6 Å². The number of rotatable bonds is 1.